The number of pyridine rings is 1. The van der Waals surface area contributed by atoms with Crippen molar-refractivity contribution in [2.24, 2.45) is 11.7 Å². The van der Waals surface area contributed by atoms with Crippen molar-refractivity contribution >= 4 is 5.82 Å². The third-order valence-electron chi connectivity index (χ3n) is 3.23. The van der Waals surface area contributed by atoms with E-state index >= 15 is 0 Å². The van der Waals surface area contributed by atoms with Gasteiger partial charge in [-0.25, -0.2) is 4.98 Å². The molecule has 0 aromatic carbocycles. The fourth-order valence-corrected chi connectivity index (χ4v) is 1.74. The van der Waals surface area contributed by atoms with Crippen LogP contribution >= 0.6 is 0 Å². The Balaban J connectivity index is 2.75. The first-order valence-electron chi connectivity index (χ1n) is 6.54. The van der Waals surface area contributed by atoms with Crippen LogP contribution in [-0.4, -0.2) is 18.1 Å². The van der Waals surface area contributed by atoms with E-state index in [1.807, 2.05) is 13.1 Å². The molecule has 0 aliphatic rings. The predicted octanol–water partition coefficient (Wildman–Crippen LogP) is 2.97. The Kier molecular flexibility index (Phi) is 5.42. The van der Waals surface area contributed by atoms with Crippen LogP contribution < -0.4 is 10.6 Å². The lowest BCUT2D eigenvalue weighted by Crippen LogP contribution is -2.28. The number of nitrogens with two attached hydrogens (primary N) is 1. The largest absolute Gasteiger partial charge is 0.357 e. The minimum atomic E-state index is 0.0567. The third kappa shape index (κ3) is 4.00. The number of hydrogen-bond donors (Lipinski definition) is 1. The van der Waals surface area contributed by atoms with E-state index in [4.69, 9.17) is 5.73 Å². The molecule has 0 aliphatic heterocycles. The molecule has 0 saturated heterocycles. The molecule has 0 radical (unpaired) electrons. The Bertz CT molecular complexity index is 319. The first kappa shape index (κ1) is 14.0. The molecule has 1 aromatic rings. The zero-order chi connectivity index (χ0) is 12.8. The summed E-state index contributed by atoms with van der Waals surface area (Å²) in [5.41, 5.74) is 6.91. The third-order valence-corrected chi connectivity index (χ3v) is 3.23. The van der Waals surface area contributed by atoms with E-state index in [1.54, 1.807) is 0 Å². The highest BCUT2D eigenvalue weighted by Crippen LogP contribution is 2.16. The molecule has 0 spiro atoms. The number of aromatic nitrogens is 1. The van der Waals surface area contributed by atoms with Gasteiger partial charge in [-0.15, -0.1) is 0 Å². The lowest BCUT2D eigenvalue weighted by molar-refractivity contribution is 0.545. The van der Waals surface area contributed by atoms with Crippen LogP contribution in [0.3, 0.4) is 0 Å². The van der Waals surface area contributed by atoms with Crippen LogP contribution in [0.2, 0.25) is 0 Å². The Morgan fingerprint density at radius 3 is 2.41 bits per heavy atom. The summed E-state index contributed by atoms with van der Waals surface area (Å²) in [6.45, 7) is 10.7. The number of hydrogen-bond acceptors (Lipinski definition) is 3. The van der Waals surface area contributed by atoms with Crippen molar-refractivity contribution in [2.45, 2.75) is 40.2 Å². The summed E-state index contributed by atoms with van der Waals surface area (Å²) >= 11 is 0. The highest BCUT2D eigenvalue weighted by molar-refractivity contribution is 5.39. The molecule has 0 bridgehead atoms. The van der Waals surface area contributed by atoms with E-state index in [9.17, 15) is 0 Å². The highest BCUT2D eigenvalue weighted by Gasteiger charge is 2.09. The maximum Gasteiger partial charge on any atom is 0.128 e. The van der Waals surface area contributed by atoms with Crippen LogP contribution in [0, 0.1) is 5.92 Å². The lowest BCUT2D eigenvalue weighted by atomic mass is 10.1. The zero-order valence-corrected chi connectivity index (χ0v) is 11.5. The van der Waals surface area contributed by atoms with E-state index in [2.05, 4.69) is 42.8 Å². The molecule has 1 heterocycles. The SMILES string of the molecule is CCC(C)CN(CC)c1ccc([C@H](C)N)cn1. The molecule has 2 N–H and O–H groups in total. The molecular weight excluding hydrogens is 210 g/mol. The van der Waals surface area contributed by atoms with Gasteiger partial charge in [0.2, 0.25) is 0 Å². The van der Waals surface area contributed by atoms with Gasteiger partial charge in [-0.1, -0.05) is 26.3 Å². The Hall–Kier alpha value is -1.09. The molecule has 0 amide bonds. The molecule has 0 aliphatic carbocycles. The van der Waals surface area contributed by atoms with Crippen LogP contribution in [-0.2, 0) is 0 Å². The van der Waals surface area contributed by atoms with Gasteiger partial charge < -0.3 is 10.6 Å². The number of anilines is 1. The maximum absolute atomic E-state index is 5.82. The van der Waals surface area contributed by atoms with Crippen molar-refractivity contribution in [1.29, 1.82) is 0 Å². The minimum Gasteiger partial charge on any atom is -0.357 e. The fraction of sp³-hybridized carbons (Fsp3) is 0.643. The van der Waals surface area contributed by atoms with Gasteiger partial charge >= 0.3 is 0 Å². The average molecular weight is 235 g/mol. The first-order valence-corrected chi connectivity index (χ1v) is 6.54. The first-order chi connectivity index (χ1) is 8.08. The van der Waals surface area contributed by atoms with E-state index in [1.165, 1.54) is 6.42 Å². The molecule has 0 saturated carbocycles. The van der Waals surface area contributed by atoms with Crippen LogP contribution in [0.15, 0.2) is 18.3 Å². The van der Waals surface area contributed by atoms with Gasteiger partial charge in [0, 0.05) is 25.3 Å². The minimum absolute atomic E-state index is 0.0567. The van der Waals surface area contributed by atoms with Crippen molar-refractivity contribution < 1.29 is 0 Å². The molecule has 2 atom stereocenters. The van der Waals surface area contributed by atoms with Crippen molar-refractivity contribution in [2.75, 3.05) is 18.0 Å². The Labute approximate surface area is 105 Å². The normalized spacial score (nSPS) is 14.4. The van der Waals surface area contributed by atoms with Crippen LogP contribution in [0.1, 0.15) is 45.7 Å². The Morgan fingerprint density at radius 2 is 2.00 bits per heavy atom. The number of nitrogens with zero attached hydrogens (tertiary/aromatic N) is 2. The van der Waals surface area contributed by atoms with Gasteiger partial charge in [-0.05, 0) is 31.4 Å². The molecule has 3 heteroatoms. The maximum atomic E-state index is 5.82. The summed E-state index contributed by atoms with van der Waals surface area (Å²) in [4.78, 5) is 6.82. The second-order valence-electron chi connectivity index (χ2n) is 4.79. The summed E-state index contributed by atoms with van der Waals surface area (Å²) in [5.74, 6) is 1.75. The van der Waals surface area contributed by atoms with E-state index < -0.39 is 0 Å². The predicted molar refractivity (Wildman–Crippen MR) is 74.2 cm³/mol. The van der Waals surface area contributed by atoms with Crippen molar-refractivity contribution in [3.05, 3.63) is 23.9 Å². The molecule has 96 valence electrons. The van der Waals surface area contributed by atoms with E-state index in [0.29, 0.717) is 5.92 Å². The van der Waals surface area contributed by atoms with Gasteiger partial charge in [0.15, 0.2) is 0 Å². The summed E-state index contributed by atoms with van der Waals surface area (Å²) in [5, 5.41) is 0. The van der Waals surface area contributed by atoms with Crippen molar-refractivity contribution in [1.82, 2.24) is 4.98 Å². The van der Waals surface area contributed by atoms with Crippen molar-refractivity contribution in [3.8, 4) is 0 Å². The molecule has 1 unspecified atom stereocenters. The van der Waals surface area contributed by atoms with Gasteiger partial charge in [0.25, 0.3) is 0 Å². The van der Waals surface area contributed by atoms with Gasteiger partial charge in [0.1, 0.15) is 5.82 Å². The number of rotatable bonds is 6. The van der Waals surface area contributed by atoms with Crippen LogP contribution in [0.25, 0.3) is 0 Å². The molecule has 17 heavy (non-hydrogen) atoms. The summed E-state index contributed by atoms with van der Waals surface area (Å²) in [6.07, 6.45) is 3.09. The van der Waals surface area contributed by atoms with Crippen molar-refractivity contribution in [3.63, 3.8) is 0 Å². The second kappa shape index (κ2) is 6.60. The fourth-order valence-electron chi connectivity index (χ4n) is 1.74. The van der Waals surface area contributed by atoms with Crippen LogP contribution in [0.4, 0.5) is 5.82 Å². The monoisotopic (exact) mass is 235 g/mol. The van der Waals surface area contributed by atoms with Crippen LogP contribution in [0.5, 0.6) is 0 Å². The standard InChI is InChI=1S/C14H25N3/c1-5-11(3)10-17(6-2)14-8-7-13(9-16-14)12(4)15/h7-9,11-12H,5-6,10,15H2,1-4H3/t11?,12-/m0/s1. The molecule has 1 rings (SSSR count). The molecule has 0 fully saturated rings. The van der Waals surface area contributed by atoms with Gasteiger partial charge in [-0.2, -0.15) is 0 Å². The summed E-state index contributed by atoms with van der Waals surface area (Å²) < 4.78 is 0. The average Bonchev–Trinajstić information content (AvgIpc) is 2.35. The zero-order valence-electron chi connectivity index (χ0n) is 11.5. The second-order valence-corrected chi connectivity index (χ2v) is 4.79. The van der Waals surface area contributed by atoms with E-state index in [-0.39, 0.29) is 6.04 Å². The van der Waals surface area contributed by atoms with Gasteiger partial charge in [-0.3, -0.25) is 0 Å². The molecule has 3 nitrogen and oxygen atoms in total. The molecular formula is C14H25N3. The van der Waals surface area contributed by atoms with Gasteiger partial charge in [0.05, 0.1) is 0 Å². The summed E-state index contributed by atoms with van der Waals surface area (Å²) in [6, 6.07) is 4.21. The topological polar surface area (TPSA) is 42.1 Å². The highest BCUT2D eigenvalue weighted by atomic mass is 15.2. The Morgan fingerprint density at radius 1 is 1.29 bits per heavy atom. The summed E-state index contributed by atoms with van der Waals surface area (Å²) in [7, 11) is 0. The smallest absolute Gasteiger partial charge is 0.128 e. The lowest BCUT2D eigenvalue weighted by Gasteiger charge is -2.25. The van der Waals surface area contributed by atoms with E-state index in [0.717, 1.165) is 24.5 Å². The molecule has 1 aromatic heterocycles. The quantitative estimate of drug-likeness (QED) is 0.824.